The number of amides is 1. The van der Waals surface area contributed by atoms with Gasteiger partial charge in [-0.25, -0.2) is 0 Å². The maximum absolute atomic E-state index is 12.2. The normalized spacial score (nSPS) is 12.4. The van der Waals surface area contributed by atoms with Gasteiger partial charge < -0.3 is 14.8 Å². The van der Waals surface area contributed by atoms with Gasteiger partial charge >= 0.3 is 0 Å². The Morgan fingerprint density at radius 3 is 2.87 bits per heavy atom. The van der Waals surface area contributed by atoms with Crippen molar-refractivity contribution in [3.63, 3.8) is 0 Å². The molecule has 1 aliphatic heterocycles. The Kier molecular flexibility index (Phi) is 4.86. The molecule has 0 bridgehead atoms. The van der Waals surface area contributed by atoms with E-state index in [1.807, 2.05) is 24.3 Å². The third-order valence-corrected chi connectivity index (χ3v) is 4.99. The van der Waals surface area contributed by atoms with Gasteiger partial charge in [-0.3, -0.25) is 4.79 Å². The number of hydrogen-bond acceptors (Lipinski definition) is 4. The molecule has 2 heterocycles. The molecule has 2 aromatic rings. The van der Waals surface area contributed by atoms with Gasteiger partial charge in [-0.2, -0.15) is 0 Å². The molecule has 1 aromatic heterocycles. The van der Waals surface area contributed by atoms with Crippen molar-refractivity contribution in [3.8, 4) is 11.5 Å². The predicted molar refractivity (Wildman–Crippen MR) is 91.7 cm³/mol. The third kappa shape index (κ3) is 3.67. The van der Waals surface area contributed by atoms with Crippen molar-refractivity contribution in [2.24, 2.45) is 0 Å². The Labute approximate surface area is 140 Å². The van der Waals surface area contributed by atoms with Gasteiger partial charge in [0.2, 0.25) is 6.79 Å². The molecular formula is C18H21NO3S. The summed E-state index contributed by atoms with van der Waals surface area (Å²) in [5.74, 6) is 1.59. The highest BCUT2D eigenvalue weighted by molar-refractivity contribution is 7.14. The highest BCUT2D eigenvalue weighted by Crippen LogP contribution is 2.32. The Balaban J connectivity index is 1.54. The van der Waals surface area contributed by atoms with E-state index in [1.54, 1.807) is 11.3 Å². The summed E-state index contributed by atoms with van der Waals surface area (Å²) >= 11 is 1.58. The van der Waals surface area contributed by atoms with E-state index >= 15 is 0 Å². The minimum absolute atomic E-state index is 0.0150. The van der Waals surface area contributed by atoms with Crippen molar-refractivity contribution in [3.05, 3.63) is 45.1 Å². The first-order chi connectivity index (χ1) is 11.2. The minimum atomic E-state index is 0.0150. The molecule has 0 spiro atoms. The Bertz CT molecular complexity index is 708. The fraction of sp³-hybridized carbons (Fsp3) is 0.389. The molecule has 0 fully saturated rings. The van der Waals surface area contributed by atoms with Crippen molar-refractivity contribution in [1.29, 1.82) is 0 Å². The van der Waals surface area contributed by atoms with Crippen molar-refractivity contribution in [2.45, 2.75) is 33.1 Å². The summed E-state index contributed by atoms with van der Waals surface area (Å²) in [4.78, 5) is 14.3. The van der Waals surface area contributed by atoms with Gasteiger partial charge in [0, 0.05) is 11.4 Å². The molecule has 0 atom stereocenters. The molecule has 1 aliphatic rings. The third-order valence-electron chi connectivity index (χ3n) is 3.90. The lowest BCUT2D eigenvalue weighted by Gasteiger charge is -2.05. The van der Waals surface area contributed by atoms with Crippen LogP contribution in [0.25, 0.3) is 0 Å². The van der Waals surface area contributed by atoms with E-state index in [4.69, 9.17) is 9.47 Å². The number of fused-ring (bicyclic) bond motifs is 1. The number of rotatable bonds is 6. The average Bonchev–Trinajstić information content (AvgIpc) is 3.14. The van der Waals surface area contributed by atoms with Crippen LogP contribution in [-0.2, 0) is 12.8 Å². The van der Waals surface area contributed by atoms with Crippen LogP contribution in [0.2, 0.25) is 0 Å². The highest BCUT2D eigenvalue weighted by atomic mass is 32.1. The van der Waals surface area contributed by atoms with E-state index in [9.17, 15) is 4.79 Å². The van der Waals surface area contributed by atoms with E-state index in [0.29, 0.717) is 6.54 Å². The van der Waals surface area contributed by atoms with E-state index < -0.39 is 0 Å². The second-order valence-corrected chi connectivity index (χ2v) is 6.89. The molecule has 5 heteroatoms. The molecule has 0 aliphatic carbocycles. The lowest BCUT2D eigenvalue weighted by Crippen LogP contribution is -2.24. The first-order valence-corrected chi connectivity index (χ1v) is 8.75. The summed E-state index contributed by atoms with van der Waals surface area (Å²) in [6.45, 7) is 5.13. The van der Waals surface area contributed by atoms with E-state index in [0.717, 1.165) is 41.2 Å². The molecule has 0 radical (unpaired) electrons. The molecule has 4 nitrogen and oxygen atoms in total. The minimum Gasteiger partial charge on any atom is -0.454 e. The Morgan fingerprint density at radius 2 is 2.04 bits per heavy atom. The topological polar surface area (TPSA) is 47.6 Å². The van der Waals surface area contributed by atoms with E-state index in [1.165, 1.54) is 10.4 Å². The van der Waals surface area contributed by atoms with Crippen LogP contribution in [0.15, 0.2) is 24.3 Å². The average molecular weight is 331 g/mol. The van der Waals surface area contributed by atoms with Gasteiger partial charge in [0.1, 0.15) is 0 Å². The Hall–Kier alpha value is -2.01. The summed E-state index contributed by atoms with van der Waals surface area (Å²) in [7, 11) is 0. The highest BCUT2D eigenvalue weighted by Gasteiger charge is 2.14. The number of nitrogens with one attached hydrogen (secondary N) is 1. The van der Waals surface area contributed by atoms with Gasteiger partial charge in [-0.1, -0.05) is 19.4 Å². The fourth-order valence-electron chi connectivity index (χ4n) is 2.65. The maximum atomic E-state index is 12.2. The number of hydrogen-bond donors (Lipinski definition) is 1. The molecule has 0 unspecified atom stereocenters. The quantitative estimate of drug-likeness (QED) is 0.878. The summed E-state index contributed by atoms with van der Waals surface area (Å²) in [6, 6.07) is 7.93. The molecule has 3 rings (SSSR count). The van der Waals surface area contributed by atoms with Crippen molar-refractivity contribution in [2.75, 3.05) is 13.3 Å². The summed E-state index contributed by atoms with van der Waals surface area (Å²) in [6.07, 6.45) is 2.91. The number of ether oxygens (including phenoxy) is 2. The summed E-state index contributed by atoms with van der Waals surface area (Å²) in [5.41, 5.74) is 2.42. The standard InChI is InChI=1S/C18H21NO3S/c1-3-4-14-10-17(23-12(14)2)18(20)19-8-7-13-5-6-15-16(9-13)22-11-21-15/h5-6,9-10H,3-4,7-8,11H2,1-2H3,(H,19,20). The van der Waals surface area contributed by atoms with Crippen LogP contribution in [0.5, 0.6) is 11.5 Å². The molecule has 0 saturated heterocycles. The van der Waals surface area contributed by atoms with Crippen LogP contribution in [0.1, 0.15) is 39.0 Å². The monoisotopic (exact) mass is 331 g/mol. The van der Waals surface area contributed by atoms with Gasteiger partial charge in [0.15, 0.2) is 11.5 Å². The SMILES string of the molecule is CCCc1cc(C(=O)NCCc2ccc3c(c2)OCO3)sc1C. The van der Waals surface area contributed by atoms with Crippen LogP contribution in [-0.4, -0.2) is 19.2 Å². The largest absolute Gasteiger partial charge is 0.454 e. The summed E-state index contributed by atoms with van der Waals surface area (Å²) < 4.78 is 10.7. The molecular weight excluding hydrogens is 310 g/mol. The van der Waals surface area contributed by atoms with Gasteiger partial charge in [0.25, 0.3) is 5.91 Å². The zero-order valence-corrected chi connectivity index (χ0v) is 14.3. The second-order valence-electron chi connectivity index (χ2n) is 5.64. The smallest absolute Gasteiger partial charge is 0.261 e. The fourth-order valence-corrected chi connectivity index (χ4v) is 3.64. The van der Waals surface area contributed by atoms with Gasteiger partial charge in [-0.05, 0) is 49.1 Å². The second kappa shape index (κ2) is 7.04. The molecule has 23 heavy (non-hydrogen) atoms. The number of aryl methyl sites for hydroxylation is 2. The van der Waals surface area contributed by atoms with Crippen LogP contribution in [0.4, 0.5) is 0 Å². The molecule has 1 aromatic carbocycles. The van der Waals surface area contributed by atoms with E-state index in [2.05, 4.69) is 19.2 Å². The first-order valence-electron chi connectivity index (χ1n) is 7.93. The van der Waals surface area contributed by atoms with Crippen molar-refractivity contribution >= 4 is 17.2 Å². The number of thiophene rings is 1. The lowest BCUT2D eigenvalue weighted by atomic mass is 10.1. The number of benzene rings is 1. The summed E-state index contributed by atoms with van der Waals surface area (Å²) in [5, 5.41) is 3.00. The van der Waals surface area contributed by atoms with Crippen molar-refractivity contribution < 1.29 is 14.3 Å². The van der Waals surface area contributed by atoms with Crippen molar-refractivity contribution in [1.82, 2.24) is 5.32 Å². The molecule has 0 saturated carbocycles. The van der Waals surface area contributed by atoms with Crippen LogP contribution in [0, 0.1) is 6.92 Å². The number of carbonyl (C=O) groups excluding carboxylic acids is 1. The molecule has 122 valence electrons. The zero-order chi connectivity index (χ0) is 16.2. The Morgan fingerprint density at radius 1 is 1.22 bits per heavy atom. The van der Waals surface area contributed by atoms with Gasteiger partial charge in [0.05, 0.1) is 4.88 Å². The van der Waals surface area contributed by atoms with E-state index in [-0.39, 0.29) is 12.7 Å². The van der Waals surface area contributed by atoms with Gasteiger partial charge in [-0.15, -0.1) is 11.3 Å². The lowest BCUT2D eigenvalue weighted by molar-refractivity contribution is 0.0958. The number of carbonyl (C=O) groups is 1. The zero-order valence-electron chi connectivity index (χ0n) is 13.5. The molecule has 1 N–H and O–H groups in total. The van der Waals surface area contributed by atoms with Crippen LogP contribution in [0.3, 0.4) is 0 Å². The maximum Gasteiger partial charge on any atom is 0.261 e. The van der Waals surface area contributed by atoms with Crippen LogP contribution >= 0.6 is 11.3 Å². The molecule has 1 amide bonds. The first kappa shape index (κ1) is 15.9. The van der Waals surface area contributed by atoms with Crippen LogP contribution < -0.4 is 14.8 Å². The predicted octanol–water partition coefficient (Wildman–Crippen LogP) is 3.71.